The van der Waals surface area contributed by atoms with Crippen molar-refractivity contribution in [2.75, 3.05) is 6.61 Å². The van der Waals surface area contributed by atoms with Crippen molar-refractivity contribution in [3.63, 3.8) is 0 Å². The third-order valence-corrected chi connectivity index (χ3v) is 2.76. The average molecular weight is 198 g/mol. The molecule has 1 rings (SSSR count). The number of ether oxygens (including phenoxy) is 1. The van der Waals surface area contributed by atoms with Gasteiger partial charge in [-0.15, -0.1) is 0 Å². The number of Topliss-reactive ketones (excluding diaryl/α,β-unsaturated/α-hetero) is 1. The fourth-order valence-corrected chi connectivity index (χ4v) is 1.86. The number of hydrogen-bond acceptors (Lipinski definition) is 3. The monoisotopic (exact) mass is 198 g/mol. The molecule has 3 nitrogen and oxygen atoms in total. The highest BCUT2D eigenvalue weighted by molar-refractivity contribution is 5.99. The van der Waals surface area contributed by atoms with E-state index in [1.807, 2.05) is 0 Å². The maximum Gasteiger partial charge on any atom is 0.316 e. The van der Waals surface area contributed by atoms with Crippen LogP contribution in [0.25, 0.3) is 0 Å². The van der Waals surface area contributed by atoms with Crippen LogP contribution in [0.3, 0.4) is 0 Å². The summed E-state index contributed by atoms with van der Waals surface area (Å²) in [6.07, 6.45) is 2.02. The number of hydrogen-bond donors (Lipinski definition) is 0. The molecular weight excluding hydrogens is 180 g/mol. The number of carbonyl (C=O) groups is 2. The van der Waals surface area contributed by atoms with Crippen molar-refractivity contribution in [1.82, 2.24) is 0 Å². The molecule has 1 aliphatic rings. The molecule has 1 fully saturated rings. The lowest BCUT2D eigenvalue weighted by Gasteiger charge is -2.32. The van der Waals surface area contributed by atoms with Crippen molar-refractivity contribution < 1.29 is 14.3 Å². The summed E-state index contributed by atoms with van der Waals surface area (Å²) in [6.45, 7) is 6.29. The van der Waals surface area contributed by atoms with Crippen molar-refractivity contribution in [1.29, 1.82) is 0 Å². The Labute approximate surface area is 84.8 Å². The van der Waals surface area contributed by atoms with E-state index in [2.05, 4.69) is 13.8 Å². The average Bonchev–Trinajstić information content (AvgIpc) is 2.10. The number of rotatable bonds is 2. The van der Waals surface area contributed by atoms with Crippen molar-refractivity contribution in [3.05, 3.63) is 0 Å². The van der Waals surface area contributed by atoms with E-state index in [9.17, 15) is 9.59 Å². The van der Waals surface area contributed by atoms with Crippen LogP contribution in [0, 0.1) is 11.3 Å². The predicted octanol–water partition coefficient (Wildman–Crippen LogP) is 1.94. The molecule has 1 atom stereocenters. The van der Waals surface area contributed by atoms with Crippen LogP contribution in [-0.2, 0) is 14.3 Å². The maximum atomic E-state index is 11.5. The molecule has 3 heteroatoms. The standard InChI is InChI=1S/C11H18O3/c1-4-14-10(13)8-7-11(2,3)6-5-9(8)12/h8H,4-7H2,1-3H3/t8-/m0/s1. The minimum Gasteiger partial charge on any atom is -0.465 e. The van der Waals surface area contributed by atoms with Gasteiger partial charge in [0.1, 0.15) is 11.7 Å². The molecular formula is C11H18O3. The second-order valence-electron chi connectivity index (χ2n) is 4.64. The van der Waals surface area contributed by atoms with E-state index in [0.29, 0.717) is 19.4 Å². The lowest BCUT2D eigenvalue weighted by Crippen LogP contribution is -2.36. The summed E-state index contributed by atoms with van der Waals surface area (Å²) in [6, 6.07) is 0. The lowest BCUT2D eigenvalue weighted by atomic mass is 9.71. The largest absolute Gasteiger partial charge is 0.465 e. The highest BCUT2D eigenvalue weighted by atomic mass is 16.5. The molecule has 0 aliphatic heterocycles. The Morgan fingerprint density at radius 3 is 2.79 bits per heavy atom. The van der Waals surface area contributed by atoms with E-state index in [1.54, 1.807) is 6.92 Å². The van der Waals surface area contributed by atoms with Gasteiger partial charge < -0.3 is 4.74 Å². The van der Waals surface area contributed by atoms with Gasteiger partial charge in [0, 0.05) is 6.42 Å². The normalized spacial score (nSPS) is 25.9. The quantitative estimate of drug-likeness (QED) is 0.503. The van der Waals surface area contributed by atoms with Crippen molar-refractivity contribution >= 4 is 11.8 Å². The Morgan fingerprint density at radius 1 is 1.57 bits per heavy atom. The van der Waals surface area contributed by atoms with Crippen molar-refractivity contribution in [2.24, 2.45) is 11.3 Å². The van der Waals surface area contributed by atoms with E-state index in [-0.39, 0.29) is 17.2 Å². The molecule has 0 aromatic rings. The summed E-state index contributed by atoms with van der Waals surface area (Å²) in [5.74, 6) is -0.813. The van der Waals surface area contributed by atoms with E-state index < -0.39 is 5.92 Å². The minimum absolute atomic E-state index is 0.0442. The zero-order valence-electron chi connectivity index (χ0n) is 9.13. The molecule has 0 radical (unpaired) electrons. The highest BCUT2D eigenvalue weighted by Gasteiger charge is 2.38. The number of ketones is 1. The third-order valence-electron chi connectivity index (χ3n) is 2.76. The molecule has 0 saturated heterocycles. The molecule has 14 heavy (non-hydrogen) atoms. The molecule has 0 amide bonds. The second kappa shape index (κ2) is 4.11. The number of carbonyl (C=O) groups excluding carboxylic acids is 2. The highest BCUT2D eigenvalue weighted by Crippen LogP contribution is 2.37. The maximum absolute atomic E-state index is 11.5. The van der Waals surface area contributed by atoms with Crippen LogP contribution in [0.4, 0.5) is 0 Å². The zero-order valence-corrected chi connectivity index (χ0v) is 9.13. The molecule has 80 valence electrons. The Hall–Kier alpha value is -0.860. The Kier molecular flexibility index (Phi) is 3.29. The topological polar surface area (TPSA) is 43.4 Å². The molecule has 0 N–H and O–H groups in total. The van der Waals surface area contributed by atoms with E-state index in [0.717, 1.165) is 6.42 Å². The van der Waals surface area contributed by atoms with Gasteiger partial charge in [0.05, 0.1) is 6.61 Å². The van der Waals surface area contributed by atoms with Gasteiger partial charge in [-0.25, -0.2) is 0 Å². The first kappa shape index (κ1) is 11.2. The number of esters is 1. The first-order valence-corrected chi connectivity index (χ1v) is 5.15. The van der Waals surface area contributed by atoms with E-state index in [4.69, 9.17) is 4.74 Å². The third kappa shape index (κ3) is 2.56. The molecule has 1 saturated carbocycles. The minimum atomic E-state index is -0.515. The summed E-state index contributed by atoms with van der Waals surface area (Å²) in [5.41, 5.74) is 0.0886. The summed E-state index contributed by atoms with van der Waals surface area (Å²) in [4.78, 5) is 23.0. The van der Waals surface area contributed by atoms with Crippen LogP contribution < -0.4 is 0 Å². The molecule has 0 heterocycles. The zero-order chi connectivity index (χ0) is 10.8. The summed E-state index contributed by atoms with van der Waals surface area (Å²) in [5, 5.41) is 0. The van der Waals surface area contributed by atoms with Crippen molar-refractivity contribution in [2.45, 2.75) is 40.0 Å². The Bertz CT molecular complexity index is 243. The summed E-state index contributed by atoms with van der Waals surface area (Å²) >= 11 is 0. The van der Waals surface area contributed by atoms with Crippen LogP contribution in [0.2, 0.25) is 0 Å². The van der Waals surface area contributed by atoms with Gasteiger partial charge in [0.15, 0.2) is 0 Å². The summed E-state index contributed by atoms with van der Waals surface area (Å²) < 4.78 is 4.89. The van der Waals surface area contributed by atoms with Gasteiger partial charge >= 0.3 is 5.97 Å². The predicted molar refractivity (Wildman–Crippen MR) is 52.8 cm³/mol. The lowest BCUT2D eigenvalue weighted by molar-refractivity contribution is -0.154. The van der Waals surface area contributed by atoms with Gasteiger partial charge in [-0.2, -0.15) is 0 Å². The van der Waals surface area contributed by atoms with E-state index >= 15 is 0 Å². The summed E-state index contributed by atoms with van der Waals surface area (Å²) in [7, 11) is 0. The van der Waals surface area contributed by atoms with Gasteiger partial charge in [-0.3, -0.25) is 9.59 Å². The second-order valence-corrected chi connectivity index (χ2v) is 4.64. The first-order chi connectivity index (χ1) is 6.46. The Morgan fingerprint density at radius 2 is 2.21 bits per heavy atom. The van der Waals surface area contributed by atoms with Gasteiger partial charge in [0.2, 0.25) is 0 Å². The molecule has 0 bridgehead atoms. The molecule has 1 aliphatic carbocycles. The SMILES string of the molecule is CCOC(=O)[C@H]1CC(C)(C)CCC1=O. The van der Waals surface area contributed by atoms with Gasteiger partial charge in [-0.1, -0.05) is 13.8 Å². The molecule has 0 unspecified atom stereocenters. The first-order valence-electron chi connectivity index (χ1n) is 5.15. The van der Waals surface area contributed by atoms with Crippen LogP contribution in [0.1, 0.15) is 40.0 Å². The fraction of sp³-hybridized carbons (Fsp3) is 0.818. The van der Waals surface area contributed by atoms with Crippen LogP contribution >= 0.6 is 0 Å². The van der Waals surface area contributed by atoms with Crippen LogP contribution in [0.5, 0.6) is 0 Å². The Balaban J connectivity index is 2.66. The van der Waals surface area contributed by atoms with Crippen LogP contribution in [-0.4, -0.2) is 18.4 Å². The van der Waals surface area contributed by atoms with E-state index in [1.165, 1.54) is 0 Å². The van der Waals surface area contributed by atoms with Gasteiger partial charge in [0.25, 0.3) is 0 Å². The molecule has 0 aromatic heterocycles. The molecule has 0 spiro atoms. The smallest absolute Gasteiger partial charge is 0.316 e. The van der Waals surface area contributed by atoms with Crippen LogP contribution in [0.15, 0.2) is 0 Å². The fourth-order valence-electron chi connectivity index (χ4n) is 1.86. The van der Waals surface area contributed by atoms with Gasteiger partial charge in [-0.05, 0) is 25.2 Å². The molecule has 0 aromatic carbocycles. The van der Waals surface area contributed by atoms with Crippen molar-refractivity contribution in [3.8, 4) is 0 Å².